The van der Waals surface area contributed by atoms with Gasteiger partial charge in [0.05, 0.1) is 0 Å². The van der Waals surface area contributed by atoms with Crippen molar-refractivity contribution >= 4 is 46.0 Å². The van der Waals surface area contributed by atoms with E-state index in [1.807, 2.05) is 97.1 Å². The number of aromatic nitrogens is 4. The summed E-state index contributed by atoms with van der Waals surface area (Å²) in [5.41, 5.74) is 6.32. The molecule has 4 N–H and O–H groups in total. The summed E-state index contributed by atoms with van der Waals surface area (Å²) in [7, 11) is 0. The molecular weight excluding hydrogens is 532 g/mol. The Morgan fingerprint density at radius 3 is 1.02 bits per heavy atom. The lowest BCUT2D eigenvalue weighted by Gasteiger charge is -2.13. The molecule has 0 saturated carbocycles. The number of benzene rings is 4. The lowest BCUT2D eigenvalue weighted by molar-refractivity contribution is 1.19. The molecule has 0 aliphatic rings. The summed E-state index contributed by atoms with van der Waals surface area (Å²) in [5.74, 6) is 2.81. The molecule has 0 bridgehead atoms. The van der Waals surface area contributed by atoms with Crippen LogP contribution in [0.25, 0.3) is 0 Å². The van der Waals surface area contributed by atoms with Gasteiger partial charge in [-0.2, -0.15) is 0 Å². The summed E-state index contributed by atoms with van der Waals surface area (Å²) in [5, 5.41) is 13.2. The molecule has 6 rings (SSSR count). The first kappa shape index (κ1) is 30.2. The largest absolute Gasteiger partial charge is 0.337 e. The minimum absolute atomic E-state index is 0. The van der Waals surface area contributed by atoms with Gasteiger partial charge < -0.3 is 21.3 Å². The Morgan fingerprint density at radius 1 is 0.372 bits per heavy atom. The van der Waals surface area contributed by atoms with Crippen molar-refractivity contribution in [1.29, 1.82) is 0 Å². The number of nitrogens with one attached hydrogen (secondary N) is 4. The van der Waals surface area contributed by atoms with E-state index >= 15 is 0 Å². The molecule has 0 aliphatic heterocycles. The minimum Gasteiger partial charge on any atom is -0.337 e. The van der Waals surface area contributed by atoms with Crippen molar-refractivity contribution in [3.63, 3.8) is 0 Å². The maximum absolute atomic E-state index is 4.38. The van der Waals surface area contributed by atoms with Crippen LogP contribution in [0.3, 0.4) is 0 Å². The molecule has 6 aromatic rings. The fourth-order valence-electron chi connectivity index (χ4n) is 4.04. The van der Waals surface area contributed by atoms with Crippen LogP contribution in [0.1, 0.15) is 18.6 Å². The highest BCUT2D eigenvalue weighted by atomic mass is 15.1. The highest BCUT2D eigenvalue weighted by molar-refractivity contribution is 5.74. The Hall–Kier alpha value is -5.76. The summed E-state index contributed by atoms with van der Waals surface area (Å²) in [4.78, 5) is 17.5. The summed E-state index contributed by atoms with van der Waals surface area (Å²) in [6, 6.07) is 36.0. The summed E-state index contributed by atoms with van der Waals surface area (Å²) >= 11 is 0. The van der Waals surface area contributed by atoms with Crippen LogP contribution in [0, 0.1) is 13.8 Å². The molecular formula is C35H36N8. The van der Waals surface area contributed by atoms with Crippen LogP contribution in [-0.4, -0.2) is 19.9 Å². The van der Waals surface area contributed by atoms with Crippen LogP contribution in [0.15, 0.2) is 134 Å². The Balaban J connectivity index is 0.000000192. The third-order valence-corrected chi connectivity index (χ3v) is 6.27. The number of aryl methyl sites for hydroxylation is 2. The van der Waals surface area contributed by atoms with Crippen molar-refractivity contribution in [2.45, 2.75) is 21.3 Å². The number of hydrogen-bond donors (Lipinski definition) is 4. The zero-order valence-electron chi connectivity index (χ0n) is 23.5. The van der Waals surface area contributed by atoms with Gasteiger partial charge in [0.1, 0.15) is 0 Å². The van der Waals surface area contributed by atoms with Crippen molar-refractivity contribution in [2.75, 3.05) is 21.3 Å². The molecule has 43 heavy (non-hydrogen) atoms. The third-order valence-electron chi connectivity index (χ3n) is 6.27. The Kier molecular flexibility index (Phi) is 10.7. The number of para-hydroxylation sites is 4. The fraction of sp³-hybridized carbons (Fsp3) is 0.0857. The molecule has 8 nitrogen and oxygen atoms in total. The number of anilines is 8. The Bertz CT molecular complexity index is 1580. The summed E-state index contributed by atoms with van der Waals surface area (Å²) < 4.78 is 0. The maximum atomic E-state index is 4.38. The molecule has 0 spiro atoms. The van der Waals surface area contributed by atoms with Gasteiger partial charge in [0.2, 0.25) is 0 Å². The van der Waals surface area contributed by atoms with Crippen molar-refractivity contribution in [1.82, 2.24) is 19.9 Å². The topological polar surface area (TPSA) is 99.7 Å². The quantitative estimate of drug-likeness (QED) is 0.144. The normalized spacial score (nSPS) is 9.91. The van der Waals surface area contributed by atoms with Gasteiger partial charge in [-0.05, 0) is 61.4 Å². The third kappa shape index (κ3) is 8.61. The second-order valence-corrected chi connectivity index (χ2v) is 9.37. The van der Waals surface area contributed by atoms with Crippen LogP contribution >= 0.6 is 0 Å². The van der Waals surface area contributed by atoms with Gasteiger partial charge in [-0.1, -0.05) is 80.2 Å². The van der Waals surface area contributed by atoms with Crippen molar-refractivity contribution in [2.24, 2.45) is 0 Å². The van der Waals surface area contributed by atoms with Crippen LogP contribution in [-0.2, 0) is 0 Å². The van der Waals surface area contributed by atoms with Crippen LogP contribution in [0.2, 0.25) is 0 Å². The van der Waals surface area contributed by atoms with Crippen molar-refractivity contribution in [3.8, 4) is 0 Å². The highest BCUT2D eigenvalue weighted by Crippen LogP contribution is 2.26. The molecule has 8 heteroatoms. The molecule has 0 fully saturated rings. The smallest absolute Gasteiger partial charge is 0.173 e. The fourth-order valence-corrected chi connectivity index (χ4v) is 4.04. The molecule has 2 aromatic heterocycles. The average Bonchev–Trinajstić information content (AvgIpc) is 3.03. The van der Waals surface area contributed by atoms with Gasteiger partial charge in [-0.3, -0.25) is 0 Å². The molecule has 0 unspecified atom stereocenters. The predicted octanol–water partition coefficient (Wildman–Crippen LogP) is 9.18. The molecule has 216 valence electrons. The van der Waals surface area contributed by atoms with Gasteiger partial charge in [-0.25, -0.2) is 19.9 Å². The highest BCUT2D eigenvalue weighted by Gasteiger charge is 2.08. The van der Waals surface area contributed by atoms with E-state index in [1.165, 1.54) is 0 Å². The summed E-state index contributed by atoms with van der Waals surface area (Å²) in [6.07, 6.45) is 6.70. The van der Waals surface area contributed by atoms with E-state index in [2.05, 4.69) is 67.2 Å². The van der Waals surface area contributed by atoms with E-state index in [0.717, 1.165) is 33.9 Å². The van der Waals surface area contributed by atoms with E-state index < -0.39 is 0 Å². The molecule has 0 amide bonds. The van der Waals surface area contributed by atoms with Gasteiger partial charge in [-0.15, -0.1) is 0 Å². The maximum Gasteiger partial charge on any atom is 0.173 e. The lowest BCUT2D eigenvalue weighted by Crippen LogP contribution is -2.02. The van der Waals surface area contributed by atoms with Gasteiger partial charge >= 0.3 is 0 Å². The van der Waals surface area contributed by atoms with E-state index in [1.54, 1.807) is 24.8 Å². The lowest BCUT2D eigenvalue weighted by atomic mass is 10.2. The van der Waals surface area contributed by atoms with Crippen molar-refractivity contribution in [3.05, 3.63) is 145 Å². The van der Waals surface area contributed by atoms with Crippen molar-refractivity contribution < 1.29 is 0 Å². The zero-order valence-corrected chi connectivity index (χ0v) is 23.5. The zero-order chi connectivity index (χ0) is 29.0. The number of hydrogen-bond acceptors (Lipinski definition) is 8. The molecule has 4 aromatic carbocycles. The van der Waals surface area contributed by atoms with E-state index in [-0.39, 0.29) is 7.43 Å². The molecule has 0 saturated heterocycles. The van der Waals surface area contributed by atoms with Crippen LogP contribution < -0.4 is 21.3 Å². The molecule has 0 atom stereocenters. The first-order valence-electron chi connectivity index (χ1n) is 13.6. The van der Waals surface area contributed by atoms with E-state index in [0.29, 0.717) is 23.3 Å². The van der Waals surface area contributed by atoms with Crippen LogP contribution in [0.5, 0.6) is 0 Å². The number of rotatable bonds is 8. The number of nitrogens with zero attached hydrogens (tertiary/aromatic N) is 4. The molecule has 0 aliphatic carbocycles. The summed E-state index contributed by atoms with van der Waals surface area (Å²) in [6.45, 7) is 4.12. The first-order valence-corrected chi connectivity index (χ1v) is 13.6. The molecule has 2 heterocycles. The molecule has 0 radical (unpaired) electrons. The standard InChI is InChI=1S/2C17H16N4.CH4/c2*1-13-7-5-6-10-15(13)21-17-16(18-11-12-19-17)20-14-8-3-2-4-9-14;/h2*2-12H,1H3,(H,18,20)(H,19,21);1H4. The minimum atomic E-state index is 0. The SMILES string of the molecule is C.Cc1ccccc1Nc1nccnc1Nc1ccccc1.Cc1ccccc1Nc1nccnc1Nc1ccccc1. The second kappa shape index (κ2) is 15.3. The van der Waals surface area contributed by atoms with E-state index in [9.17, 15) is 0 Å². The van der Waals surface area contributed by atoms with E-state index in [4.69, 9.17) is 0 Å². The Labute approximate surface area is 253 Å². The van der Waals surface area contributed by atoms with Gasteiger partial charge in [0.25, 0.3) is 0 Å². The predicted molar refractivity (Wildman–Crippen MR) is 179 cm³/mol. The van der Waals surface area contributed by atoms with Gasteiger partial charge in [0, 0.05) is 47.5 Å². The second-order valence-electron chi connectivity index (χ2n) is 9.37. The van der Waals surface area contributed by atoms with Crippen LogP contribution in [0.4, 0.5) is 46.0 Å². The first-order chi connectivity index (χ1) is 20.7. The van der Waals surface area contributed by atoms with Gasteiger partial charge in [0.15, 0.2) is 23.3 Å². The average molecular weight is 569 g/mol. The monoisotopic (exact) mass is 568 g/mol. The Morgan fingerprint density at radius 2 is 0.674 bits per heavy atom.